The number of nitrogens with one attached hydrogen (secondary N) is 1. The van der Waals surface area contributed by atoms with Crippen LogP contribution in [0, 0.1) is 13.8 Å². The fourth-order valence-corrected chi connectivity index (χ4v) is 1.56. The standard InChI is InChI=1S/C12H21N3O2/c1-9-11(10(2)17-14-9)8-13-7-5-6-12(16)15(3)4/h13H,5-8H2,1-4H3. The van der Waals surface area contributed by atoms with Crippen molar-refractivity contribution in [3.63, 3.8) is 0 Å². The number of amides is 1. The molecular formula is C12H21N3O2. The molecule has 0 aromatic carbocycles. The number of nitrogens with zero attached hydrogens (tertiary/aromatic N) is 2. The average molecular weight is 239 g/mol. The molecule has 0 unspecified atom stereocenters. The van der Waals surface area contributed by atoms with Gasteiger partial charge in [-0.15, -0.1) is 0 Å². The van der Waals surface area contributed by atoms with Crippen LogP contribution < -0.4 is 5.32 Å². The Balaban J connectivity index is 2.19. The third-order valence-corrected chi connectivity index (χ3v) is 2.73. The van der Waals surface area contributed by atoms with Gasteiger partial charge in [0.05, 0.1) is 5.69 Å². The second-order valence-electron chi connectivity index (χ2n) is 4.37. The lowest BCUT2D eigenvalue weighted by Gasteiger charge is -2.10. The van der Waals surface area contributed by atoms with Crippen LogP contribution in [-0.4, -0.2) is 36.6 Å². The van der Waals surface area contributed by atoms with E-state index in [9.17, 15) is 4.79 Å². The first-order valence-electron chi connectivity index (χ1n) is 5.85. The quantitative estimate of drug-likeness (QED) is 0.759. The van der Waals surface area contributed by atoms with Crippen molar-refractivity contribution in [1.29, 1.82) is 0 Å². The molecule has 1 aromatic rings. The van der Waals surface area contributed by atoms with Gasteiger partial charge in [-0.3, -0.25) is 4.79 Å². The SMILES string of the molecule is Cc1noc(C)c1CNCCCC(=O)N(C)C. The number of hydrogen-bond donors (Lipinski definition) is 1. The Morgan fingerprint density at radius 3 is 2.65 bits per heavy atom. The second kappa shape index (κ2) is 6.39. The molecule has 1 aromatic heterocycles. The highest BCUT2D eigenvalue weighted by molar-refractivity contribution is 5.75. The molecular weight excluding hydrogens is 218 g/mol. The van der Waals surface area contributed by atoms with Crippen molar-refractivity contribution in [2.75, 3.05) is 20.6 Å². The van der Waals surface area contributed by atoms with Crippen molar-refractivity contribution in [2.24, 2.45) is 0 Å². The molecule has 1 rings (SSSR count). The lowest BCUT2D eigenvalue weighted by molar-refractivity contribution is -0.128. The molecule has 5 nitrogen and oxygen atoms in total. The molecule has 0 aliphatic rings. The van der Waals surface area contributed by atoms with E-state index in [4.69, 9.17) is 4.52 Å². The molecule has 1 heterocycles. The molecule has 0 fully saturated rings. The third-order valence-electron chi connectivity index (χ3n) is 2.73. The maximum absolute atomic E-state index is 11.3. The molecule has 0 saturated carbocycles. The molecule has 1 amide bonds. The lowest BCUT2D eigenvalue weighted by atomic mass is 10.2. The molecule has 0 atom stereocenters. The topological polar surface area (TPSA) is 58.4 Å². The summed E-state index contributed by atoms with van der Waals surface area (Å²) in [5, 5.41) is 7.18. The monoisotopic (exact) mass is 239 g/mol. The van der Waals surface area contributed by atoms with Gasteiger partial charge in [0, 0.05) is 32.6 Å². The maximum atomic E-state index is 11.3. The van der Waals surface area contributed by atoms with Gasteiger partial charge in [-0.1, -0.05) is 5.16 Å². The van der Waals surface area contributed by atoms with Crippen LogP contribution in [0.25, 0.3) is 0 Å². The summed E-state index contributed by atoms with van der Waals surface area (Å²) in [6, 6.07) is 0. The maximum Gasteiger partial charge on any atom is 0.222 e. The first-order chi connectivity index (χ1) is 8.02. The summed E-state index contributed by atoms with van der Waals surface area (Å²) in [6.45, 7) is 5.41. The highest BCUT2D eigenvalue weighted by Gasteiger charge is 2.08. The van der Waals surface area contributed by atoms with Gasteiger partial charge in [0.25, 0.3) is 0 Å². The smallest absolute Gasteiger partial charge is 0.222 e. The van der Waals surface area contributed by atoms with Gasteiger partial charge in [0.15, 0.2) is 0 Å². The molecule has 96 valence electrons. The number of aryl methyl sites for hydroxylation is 2. The Morgan fingerprint density at radius 1 is 1.41 bits per heavy atom. The van der Waals surface area contributed by atoms with Crippen LogP contribution in [0.4, 0.5) is 0 Å². The largest absolute Gasteiger partial charge is 0.361 e. The summed E-state index contributed by atoms with van der Waals surface area (Å²) >= 11 is 0. The molecule has 0 radical (unpaired) electrons. The van der Waals surface area contributed by atoms with Crippen molar-refractivity contribution in [1.82, 2.24) is 15.4 Å². The van der Waals surface area contributed by atoms with Crippen LogP contribution in [0.5, 0.6) is 0 Å². The molecule has 5 heteroatoms. The average Bonchev–Trinajstić information content (AvgIpc) is 2.59. The van der Waals surface area contributed by atoms with Crippen LogP contribution in [0.2, 0.25) is 0 Å². The molecule has 0 bridgehead atoms. The number of aromatic nitrogens is 1. The molecule has 17 heavy (non-hydrogen) atoms. The fourth-order valence-electron chi connectivity index (χ4n) is 1.56. The molecule has 1 N–H and O–H groups in total. The van der Waals surface area contributed by atoms with E-state index in [1.807, 2.05) is 13.8 Å². The predicted octanol–water partition coefficient (Wildman–Crippen LogP) is 1.25. The minimum absolute atomic E-state index is 0.170. The third kappa shape index (κ3) is 4.19. The van der Waals surface area contributed by atoms with E-state index < -0.39 is 0 Å². The van der Waals surface area contributed by atoms with Crippen LogP contribution >= 0.6 is 0 Å². The van der Waals surface area contributed by atoms with Crippen LogP contribution in [0.15, 0.2) is 4.52 Å². The van der Waals surface area contributed by atoms with Gasteiger partial charge < -0.3 is 14.7 Å². The van der Waals surface area contributed by atoms with Crippen LogP contribution in [-0.2, 0) is 11.3 Å². The molecule has 0 aliphatic heterocycles. The van der Waals surface area contributed by atoms with Gasteiger partial charge in [-0.25, -0.2) is 0 Å². The highest BCUT2D eigenvalue weighted by atomic mass is 16.5. The minimum atomic E-state index is 0.170. The number of carbonyl (C=O) groups excluding carboxylic acids is 1. The van der Waals surface area contributed by atoms with Gasteiger partial charge >= 0.3 is 0 Å². The van der Waals surface area contributed by atoms with Crippen molar-refractivity contribution in [3.8, 4) is 0 Å². The van der Waals surface area contributed by atoms with E-state index in [1.54, 1.807) is 19.0 Å². The summed E-state index contributed by atoms with van der Waals surface area (Å²) in [5.41, 5.74) is 2.04. The number of hydrogen-bond acceptors (Lipinski definition) is 4. The highest BCUT2D eigenvalue weighted by Crippen LogP contribution is 2.11. The Bertz CT molecular complexity index is 352. The van der Waals surface area contributed by atoms with Crippen molar-refractivity contribution >= 4 is 5.91 Å². The van der Waals surface area contributed by atoms with Gasteiger partial charge in [-0.2, -0.15) is 0 Å². The van der Waals surface area contributed by atoms with Crippen molar-refractivity contribution in [2.45, 2.75) is 33.2 Å². The zero-order valence-electron chi connectivity index (χ0n) is 11.0. The zero-order valence-corrected chi connectivity index (χ0v) is 11.0. The van der Waals surface area contributed by atoms with Crippen molar-refractivity contribution in [3.05, 3.63) is 17.0 Å². The molecule has 0 saturated heterocycles. The Hall–Kier alpha value is -1.36. The van der Waals surface area contributed by atoms with E-state index in [0.29, 0.717) is 6.42 Å². The van der Waals surface area contributed by atoms with Crippen molar-refractivity contribution < 1.29 is 9.32 Å². The number of carbonyl (C=O) groups is 1. The summed E-state index contributed by atoms with van der Waals surface area (Å²) in [6.07, 6.45) is 1.43. The van der Waals surface area contributed by atoms with E-state index in [0.717, 1.165) is 36.5 Å². The zero-order chi connectivity index (χ0) is 12.8. The van der Waals surface area contributed by atoms with E-state index >= 15 is 0 Å². The fraction of sp³-hybridized carbons (Fsp3) is 0.667. The summed E-state index contributed by atoms with van der Waals surface area (Å²) in [4.78, 5) is 12.9. The van der Waals surface area contributed by atoms with E-state index in [1.165, 1.54) is 0 Å². The Morgan fingerprint density at radius 2 is 2.12 bits per heavy atom. The van der Waals surface area contributed by atoms with Gasteiger partial charge in [0.1, 0.15) is 5.76 Å². The van der Waals surface area contributed by atoms with Crippen LogP contribution in [0.3, 0.4) is 0 Å². The Kier molecular flexibility index (Phi) is 5.15. The Labute approximate surface area is 102 Å². The van der Waals surface area contributed by atoms with Gasteiger partial charge in [-0.05, 0) is 26.8 Å². The van der Waals surface area contributed by atoms with Gasteiger partial charge in [0.2, 0.25) is 5.91 Å². The summed E-state index contributed by atoms with van der Waals surface area (Å²) in [5.74, 6) is 1.03. The summed E-state index contributed by atoms with van der Waals surface area (Å²) < 4.78 is 5.07. The normalized spacial score (nSPS) is 10.6. The molecule has 0 spiro atoms. The minimum Gasteiger partial charge on any atom is -0.361 e. The summed E-state index contributed by atoms with van der Waals surface area (Å²) in [7, 11) is 3.55. The first-order valence-corrected chi connectivity index (χ1v) is 5.85. The predicted molar refractivity (Wildman–Crippen MR) is 65.6 cm³/mol. The second-order valence-corrected chi connectivity index (χ2v) is 4.37. The lowest BCUT2D eigenvalue weighted by Crippen LogP contribution is -2.23. The molecule has 0 aliphatic carbocycles. The van der Waals surface area contributed by atoms with E-state index in [2.05, 4.69) is 10.5 Å². The van der Waals surface area contributed by atoms with Crippen LogP contribution in [0.1, 0.15) is 29.9 Å². The van der Waals surface area contributed by atoms with E-state index in [-0.39, 0.29) is 5.91 Å². The first kappa shape index (κ1) is 13.7. The number of rotatable bonds is 6.